The summed E-state index contributed by atoms with van der Waals surface area (Å²) in [5.74, 6) is -1.31. The number of nitrogens with zero attached hydrogens (tertiary/aromatic N) is 1. The van der Waals surface area contributed by atoms with Crippen molar-refractivity contribution in [3.05, 3.63) is 47.5 Å². The van der Waals surface area contributed by atoms with Gasteiger partial charge in [-0.15, -0.1) is 0 Å². The number of benzene rings is 1. The Morgan fingerprint density at radius 1 is 1.39 bits per heavy atom. The Bertz CT molecular complexity index is 591. The van der Waals surface area contributed by atoms with Crippen molar-refractivity contribution in [3.8, 4) is 0 Å². The van der Waals surface area contributed by atoms with Crippen LogP contribution in [0.5, 0.6) is 0 Å². The van der Waals surface area contributed by atoms with Crippen molar-refractivity contribution in [2.75, 3.05) is 5.32 Å². The highest BCUT2D eigenvalue weighted by Crippen LogP contribution is 2.15. The highest BCUT2D eigenvalue weighted by atomic mass is 16.4. The van der Waals surface area contributed by atoms with Gasteiger partial charge >= 0.3 is 5.97 Å². The molecule has 0 bridgehead atoms. The van der Waals surface area contributed by atoms with Crippen molar-refractivity contribution >= 4 is 17.6 Å². The first-order chi connectivity index (χ1) is 8.58. The second-order valence-electron chi connectivity index (χ2n) is 3.75. The quantitative estimate of drug-likeness (QED) is 0.766. The third-order valence-corrected chi connectivity index (χ3v) is 2.46. The molecule has 0 atom stereocenters. The lowest BCUT2D eigenvalue weighted by atomic mass is 10.1. The molecular weight excluding hydrogens is 234 g/mol. The molecule has 18 heavy (non-hydrogen) atoms. The van der Waals surface area contributed by atoms with Crippen LogP contribution in [0.2, 0.25) is 0 Å². The number of aromatic amines is 1. The van der Waals surface area contributed by atoms with Crippen molar-refractivity contribution in [3.63, 3.8) is 0 Å². The molecule has 1 amide bonds. The number of nitrogens with one attached hydrogen (secondary N) is 2. The summed E-state index contributed by atoms with van der Waals surface area (Å²) < 4.78 is 0. The number of imidazole rings is 1. The first kappa shape index (κ1) is 11.8. The zero-order chi connectivity index (χ0) is 13.1. The van der Waals surface area contributed by atoms with Crippen molar-refractivity contribution in [1.82, 2.24) is 9.97 Å². The normalized spacial score (nSPS) is 10.1. The van der Waals surface area contributed by atoms with Crippen LogP contribution in [0.3, 0.4) is 0 Å². The number of carbonyl (C=O) groups excluding carboxylic acids is 1. The smallest absolute Gasteiger partial charge is 0.335 e. The Morgan fingerprint density at radius 3 is 2.72 bits per heavy atom. The van der Waals surface area contributed by atoms with Gasteiger partial charge in [-0.2, -0.15) is 0 Å². The summed E-state index contributed by atoms with van der Waals surface area (Å²) in [4.78, 5) is 29.0. The Morgan fingerprint density at radius 2 is 2.17 bits per heavy atom. The molecule has 0 radical (unpaired) electrons. The molecule has 1 aromatic carbocycles. The highest BCUT2D eigenvalue weighted by Gasteiger charge is 2.10. The first-order valence-corrected chi connectivity index (χ1v) is 5.21. The van der Waals surface area contributed by atoms with Gasteiger partial charge < -0.3 is 15.4 Å². The molecule has 1 heterocycles. The monoisotopic (exact) mass is 245 g/mol. The van der Waals surface area contributed by atoms with Gasteiger partial charge in [0.1, 0.15) is 5.69 Å². The summed E-state index contributed by atoms with van der Waals surface area (Å²) in [5.41, 5.74) is 1.69. The predicted octanol–water partition coefficient (Wildman–Crippen LogP) is 1.67. The number of aromatic carboxylic acids is 1. The number of amides is 1. The van der Waals surface area contributed by atoms with Gasteiger partial charge in [0, 0.05) is 5.69 Å². The Balaban J connectivity index is 2.18. The Hall–Kier alpha value is -2.63. The van der Waals surface area contributed by atoms with E-state index < -0.39 is 5.97 Å². The number of anilines is 1. The van der Waals surface area contributed by atoms with Gasteiger partial charge in [0.2, 0.25) is 0 Å². The van der Waals surface area contributed by atoms with Gasteiger partial charge in [-0.25, -0.2) is 9.78 Å². The SMILES string of the molecule is Cc1cc(NC(=O)c2cnc[nH]2)ccc1C(=O)O. The zero-order valence-electron chi connectivity index (χ0n) is 9.60. The molecule has 0 saturated heterocycles. The van der Waals surface area contributed by atoms with E-state index >= 15 is 0 Å². The minimum atomic E-state index is -0.987. The summed E-state index contributed by atoms with van der Waals surface area (Å²) >= 11 is 0. The molecule has 3 N–H and O–H groups in total. The minimum Gasteiger partial charge on any atom is -0.478 e. The van der Waals surface area contributed by atoms with E-state index in [-0.39, 0.29) is 11.5 Å². The Labute approximate surface area is 103 Å². The highest BCUT2D eigenvalue weighted by molar-refractivity contribution is 6.03. The second-order valence-corrected chi connectivity index (χ2v) is 3.75. The van der Waals surface area contributed by atoms with Gasteiger partial charge in [0.25, 0.3) is 5.91 Å². The van der Waals surface area contributed by atoms with Gasteiger partial charge in [0.15, 0.2) is 0 Å². The lowest BCUT2D eigenvalue weighted by Gasteiger charge is -2.06. The summed E-state index contributed by atoms with van der Waals surface area (Å²) in [5, 5.41) is 11.5. The predicted molar refractivity (Wildman–Crippen MR) is 64.7 cm³/mol. The van der Waals surface area contributed by atoms with Crippen molar-refractivity contribution in [1.29, 1.82) is 0 Å². The fourth-order valence-corrected chi connectivity index (χ4v) is 1.56. The number of aromatic nitrogens is 2. The van der Waals surface area contributed by atoms with Crippen LogP contribution in [0, 0.1) is 6.92 Å². The molecule has 0 aliphatic rings. The van der Waals surface area contributed by atoms with Crippen molar-refractivity contribution in [2.24, 2.45) is 0 Å². The van der Waals surface area contributed by atoms with Crippen LogP contribution in [-0.4, -0.2) is 27.0 Å². The van der Waals surface area contributed by atoms with E-state index in [1.54, 1.807) is 19.1 Å². The van der Waals surface area contributed by atoms with E-state index in [1.165, 1.54) is 18.6 Å². The molecule has 0 spiro atoms. The number of rotatable bonds is 3. The first-order valence-electron chi connectivity index (χ1n) is 5.21. The number of hydrogen-bond acceptors (Lipinski definition) is 3. The maximum absolute atomic E-state index is 11.7. The van der Waals surface area contributed by atoms with E-state index in [1.807, 2.05) is 0 Å². The van der Waals surface area contributed by atoms with Crippen LogP contribution < -0.4 is 5.32 Å². The van der Waals surface area contributed by atoms with Crippen LogP contribution in [0.1, 0.15) is 26.4 Å². The maximum Gasteiger partial charge on any atom is 0.335 e. The molecule has 0 aliphatic heterocycles. The molecule has 1 aromatic heterocycles. The number of carboxylic acids is 1. The number of aryl methyl sites for hydroxylation is 1. The summed E-state index contributed by atoms with van der Waals surface area (Å²) in [6.07, 6.45) is 2.82. The van der Waals surface area contributed by atoms with E-state index in [4.69, 9.17) is 5.11 Å². The van der Waals surface area contributed by atoms with Gasteiger partial charge in [0.05, 0.1) is 18.1 Å². The molecule has 0 fully saturated rings. The van der Waals surface area contributed by atoms with E-state index in [9.17, 15) is 9.59 Å². The Kier molecular flexibility index (Phi) is 3.09. The summed E-state index contributed by atoms with van der Waals surface area (Å²) in [7, 11) is 0. The van der Waals surface area contributed by atoms with E-state index in [0.717, 1.165) is 0 Å². The van der Waals surface area contributed by atoms with Gasteiger partial charge in [-0.3, -0.25) is 4.79 Å². The minimum absolute atomic E-state index is 0.217. The summed E-state index contributed by atoms with van der Waals surface area (Å²) in [6.45, 7) is 1.68. The van der Waals surface area contributed by atoms with E-state index in [2.05, 4.69) is 15.3 Å². The molecule has 2 aromatic rings. The molecule has 6 heteroatoms. The van der Waals surface area contributed by atoms with Crippen molar-refractivity contribution in [2.45, 2.75) is 6.92 Å². The summed E-state index contributed by atoms with van der Waals surface area (Å²) in [6, 6.07) is 4.61. The molecule has 6 nitrogen and oxygen atoms in total. The van der Waals surface area contributed by atoms with Crippen LogP contribution >= 0.6 is 0 Å². The molecule has 0 saturated carbocycles. The molecule has 92 valence electrons. The lowest BCUT2D eigenvalue weighted by Crippen LogP contribution is -2.12. The number of carboxylic acid groups (broad SMARTS) is 1. The number of hydrogen-bond donors (Lipinski definition) is 3. The maximum atomic E-state index is 11.7. The van der Waals surface area contributed by atoms with Crippen LogP contribution in [-0.2, 0) is 0 Å². The number of carbonyl (C=O) groups is 2. The fraction of sp³-hybridized carbons (Fsp3) is 0.0833. The molecular formula is C12H11N3O3. The fourth-order valence-electron chi connectivity index (χ4n) is 1.56. The average Bonchev–Trinajstić information content (AvgIpc) is 2.81. The zero-order valence-corrected chi connectivity index (χ0v) is 9.60. The van der Waals surface area contributed by atoms with Gasteiger partial charge in [-0.1, -0.05) is 0 Å². The van der Waals surface area contributed by atoms with Crippen LogP contribution in [0.4, 0.5) is 5.69 Å². The third-order valence-electron chi connectivity index (χ3n) is 2.46. The molecule has 0 unspecified atom stereocenters. The van der Waals surface area contributed by atoms with Crippen LogP contribution in [0.25, 0.3) is 0 Å². The standard InChI is InChI=1S/C12H11N3O3/c1-7-4-8(2-3-9(7)12(17)18)15-11(16)10-5-13-6-14-10/h2-6H,1H3,(H,13,14)(H,15,16)(H,17,18). The second kappa shape index (κ2) is 4.70. The molecule has 2 rings (SSSR count). The molecule has 0 aliphatic carbocycles. The van der Waals surface area contributed by atoms with E-state index in [0.29, 0.717) is 16.9 Å². The van der Waals surface area contributed by atoms with Gasteiger partial charge in [-0.05, 0) is 30.7 Å². The van der Waals surface area contributed by atoms with Crippen molar-refractivity contribution < 1.29 is 14.7 Å². The third kappa shape index (κ3) is 2.37. The largest absolute Gasteiger partial charge is 0.478 e. The topological polar surface area (TPSA) is 95.1 Å². The lowest BCUT2D eigenvalue weighted by molar-refractivity contribution is 0.0696. The van der Waals surface area contributed by atoms with Crippen LogP contribution in [0.15, 0.2) is 30.7 Å². The number of H-pyrrole nitrogens is 1. The average molecular weight is 245 g/mol.